The highest BCUT2D eigenvalue weighted by Crippen LogP contribution is 2.59. The molecule has 2 heteroatoms. The van der Waals surface area contributed by atoms with Crippen LogP contribution in [0.15, 0.2) is 48.5 Å². The van der Waals surface area contributed by atoms with Crippen molar-refractivity contribution in [2.75, 3.05) is 13.1 Å². The van der Waals surface area contributed by atoms with E-state index in [2.05, 4.69) is 67.7 Å². The van der Waals surface area contributed by atoms with Crippen molar-refractivity contribution >= 4 is 12.4 Å². The van der Waals surface area contributed by atoms with E-state index in [1.807, 2.05) is 0 Å². The molecule has 2 bridgehead atoms. The maximum Gasteiger partial charge on any atom is 0.0342 e. The third kappa shape index (κ3) is 2.11. The zero-order valence-corrected chi connectivity index (χ0v) is 14.1. The second-order valence-corrected chi connectivity index (χ2v) is 7.04. The molecule has 2 aliphatic rings. The van der Waals surface area contributed by atoms with Crippen LogP contribution in [0.1, 0.15) is 48.4 Å². The summed E-state index contributed by atoms with van der Waals surface area (Å²) in [6.45, 7) is 6.71. The predicted molar refractivity (Wildman–Crippen MR) is 95.1 cm³/mol. The molecule has 0 amide bonds. The summed E-state index contributed by atoms with van der Waals surface area (Å²) in [4.78, 5) is 0. The SMILES string of the molecule is CC(C)CNCC12CC(c3ccccc31)c1ccccc12.Cl. The number of fused-ring (bicyclic) bond motifs is 8. The molecule has 22 heavy (non-hydrogen) atoms. The fraction of sp³-hybridized carbons (Fsp3) is 0.400. The van der Waals surface area contributed by atoms with Gasteiger partial charge in [0.25, 0.3) is 0 Å². The second kappa shape index (κ2) is 5.72. The summed E-state index contributed by atoms with van der Waals surface area (Å²) in [5.41, 5.74) is 6.44. The predicted octanol–water partition coefficient (Wildman–Crippen LogP) is 4.49. The fourth-order valence-corrected chi connectivity index (χ4v) is 4.41. The molecule has 1 N–H and O–H groups in total. The molecule has 0 saturated heterocycles. The summed E-state index contributed by atoms with van der Waals surface area (Å²) >= 11 is 0. The van der Waals surface area contributed by atoms with E-state index < -0.39 is 0 Å². The van der Waals surface area contributed by atoms with Crippen LogP contribution in [-0.4, -0.2) is 13.1 Å². The van der Waals surface area contributed by atoms with Crippen LogP contribution in [0.5, 0.6) is 0 Å². The van der Waals surface area contributed by atoms with Gasteiger partial charge in [0.05, 0.1) is 0 Å². The van der Waals surface area contributed by atoms with Crippen molar-refractivity contribution in [3.8, 4) is 0 Å². The van der Waals surface area contributed by atoms with Gasteiger partial charge in [0.15, 0.2) is 0 Å². The molecule has 2 aromatic rings. The van der Waals surface area contributed by atoms with E-state index >= 15 is 0 Å². The van der Waals surface area contributed by atoms with Gasteiger partial charge in [0.2, 0.25) is 0 Å². The van der Waals surface area contributed by atoms with Gasteiger partial charge in [0.1, 0.15) is 0 Å². The summed E-state index contributed by atoms with van der Waals surface area (Å²) in [6, 6.07) is 18.2. The lowest BCUT2D eigenvalue weighted by Gasteiger charge is -2.32. The Labute approximate surface area is 139 Å². The molecular weight excluding hydrogens is 290 g/mol. The zero-order valence-electron chi connectivity index (χ0n) is 13.3. The number of nitrogens with one attached hydrogen (secondary N) is 1. The van der Waals surface area contributed by atoms with Crippen LogP contribution >= 0.6 is 12.4 Å². The highest BCUT2D eigenvalue weighted by molar-refractivity contribution is 5.85. The Morgan fingerprint density at radius 1 is 1.00 bits per heavy atom. The number of hydrogen-bond donors (Lipinski definition) is 1. The largest absolute Gasteiger partial charge is 0.315 e. The summed E-state index contributed by atoms with van der Waals surface area (Å²) in [5.74, 6) is 1.31. The second-order valence-electron chi connectivity index (χ2n) is 7.04. The van der Waals surface area contributed by atoms with Crippen LogP contribution in [0.25, 0.3) is 0 Å². The first-order valence-electron chi connectivity index (χ1n) is 8.12. The maximum absolute atomic E-state index is 3.73. The molecular formula is C20H24ClN. The van der Waals surface area contributed by atoms with E-state index in [-0.39, 0.29) is 17.8 Å². The third-order valence-corrected chi connectivity index (χ3v) is 5.24. The quantitative estimate of drug-likeness (QED) is 0.877. The Morgan fingerprint density at radius 2 is 1.55 bits per heavy atom. The monoisotopic (exact) mass is 313 g/mol. The van der Waals surface area contributed by atoms with Gasteiger partial charge in [-0.25, -0.2) is 0 Å². The van der Waals surface area contributed by atoms with Crippen LogP contribution in [0, 0.1) is 5.92 Å². The first-order valence-corrected chi connectivity index (χ1v) is 8.12. The van der Waals surface area contributed by atoms with E-state index in [0.717, 1.165) is 13.1 Å². The van der Waals surface area contributed by atoms with Crippen LogP contribution < -0.4 is 5.32 Å². The number of benzene rings is 2. The van der Waals surface area contributed by atoms with Crippen LogP contribution in [-0.2, 0) is 5.41 Å². The highest BCUT2D eigenvalue weighted by Gasteiger charge is 2.51. The Balaban J connectivity index is 0.00000144. The van der Waals surface area contributed by atoms with Gasteiger partial charge in [-0.15, -0.1) is 12.4 Å². The molecule has 4 rings (SSSR count). The zero-order chi connectivity index (χ0) is 14.4. The smallest absolute Gasteiger partial charge is 0.0342 e. The van der Waals surface area contributed by atoms with E-state index in [4.69, 9.17) is 0 Å². The molecule has 1 nitrogen and oxygen atoms in total. The number of rotatable bonds is 4. The first-order chi connectivity index (χ1) is 10.2. The molecule has 2 aliphatic carbocycles. The van der Waals surface area contributed by atoms with Crippen molar-refractivity contribution in [3.05, 3.63) is 70.8 Å². The summed E-state index contributed by atoms with van der Waals surface area (Å²) in [5, 5.41) is 3.73. The Morgan fingerprint density at radius 3 is 2.09 bits per heavy atom. The Hall–Kier alpha value is -1.31. The molecule has 0 spiro atoms. The average Bonchev–Trinajstić information content (AvgIpc) is 3.00. The lowest BCUT2D eigenvalue weighted by molar-refractivity contribution is 0.449. The van der Waals surface area contributed by atoms with E-state index in [1.165, 1.54) is 6.42 Å². The van der Waals surface area contributed by atoms with Crippen molar-refractivity contribution in [3.63, 3.8) is 0 Å². The first kappa shape index (κ1) is 15.6. The van der Waals surface area contributed by atoms with E-state index in [1.54, 1.807) is 22.3 Å². The molecule has 0 radical (unpaired) electrons. The normalized spacial score (nSPS) is 24.0. The van der Waals surface area contributed by atoms with Crippen LogP contribution in [0.4, 0.5) is 0 Å². The molecule has 0 unspecified atom stereocenters. The molecule has 116 valence electrons. The van der Waals surface area contributed by atoms with Crippen molar-refractivity contribution in [2.24, 2.45) is 5.92 Å². The molecule has 0 aliphatic heterocycles. The Bertz CT molecular complexity index is 629. The molecule has 0 saturated carbocycles. The lowest BCUT2D eigenvalue weighted by Crippen LogP contribution is -2.38. The van der Waals surface area contributed by atoms with Gasteiger partial charge in [-0.2, -0.15) is 0 Å². The van der Waals surface area contributed by atoms with Crippen LogP contribution in [0.3, 0.4) is 0 Å². The van der Waals surface area contributed by atoms with Gasteiger partial charge in [-0.1, -0.05) is 62.4 Å². The maximum atomic E-state index is 3.73. The summed E-state index contributed by atoms with van der Waals surface area (Å²) in [6.07, 6.45) is 1.25. The minimum atomic E-state index is 0. The summed E-state index contributed by atoms with van der Waals surface area (Å²) in [7, 11) is 0. The van der Waals surface area contributed by atoms with Crippen LogP contribution in [0.2, 0.25) is 0 Å². The summed E-state index contributed by atoms with van der Waals surface area (Å²) < 4.78 is 0. The van der Waals surface area contributed by atoms with Gasteiger partial charge < -0.3 is 5.32 Å². The number of hydrogen-bond acceptors (Lipinski definition) is 1. The minimum Gasteiger partial charge on any atom is -0.315 e. The lowest BCUT2D eigenvalue weighted by atomic mass is 9.75. The number of halogens is 1. The van der Waals surface area contributed by atoms with Crippen molar-refractivity contribution in [1.82, 2.24) is 5.32 Å². The molecule has 0 heterocycles. The third-order valence-electron chi connectivity index (χ3n) is 5.24. The fourth-order valence-electron chi connectivity index (χ4n) is 4.41. The van der Waals surface area contributed by atoms with E-state index in [0.29, 0.717) is 11.8 Å². The molecule has 2 aromatic carbocycles. The topological polar surface area (TPSA) is 12.0 Å². The molecule has 0 aromatic heterocycles. The van der Waals surface area contributed by atoms with E-state index in [9.17, 15) is 0 Å². The minimum absolute atomic E-state index is 0. The molecule has 0 fully saturated rings. The van der Waals surface area contributed by atoms with Gasteiger partial charge in [0, 0.05) is 17.9 Å². The molecule has 0 atom stereocenters. The van der Waals surface area contributed by atoms with Gasteiger partial charge in [-0.05, 0) is 41.1 Å². The van der Waals surface area contributed by atoms with Gasteiger partial charge >= 0.3 is 0 Å². The van der Waals surface area contributed by atoms with Crippen molar-refractivity contribution < 1.29 is 0 Å². The Kier molecular flexibility index (Phi) is 4.05. The standard InChI is InChI=1S/C20H23N.ClH/c1-14(2)12-21-13-20-11-17(15-7-3-5-9-18(15)20)16-8-4-6-10-19(16)20;/h3-10,14,17,21H,11-13H2,1-2H3;1H. The van der Waals surface area contributed by atoms with Crippen molar-refractivity contribution in [1.29, 1.82) is 0 Å². The highest BCUT2D eigenvalue weighted by atomic mass is 35.5. The average molecular weight is 314 g/mol. The van der Waals surface area contributed by atoms with Crippen molar-refractivity contribution in [2.45, 2.75) is 31.6 Å². The van der Waals surface area contributed by atoms with Gasteiger partial charge in [-0.3, -0.25) is 0 Å².